The van der Waals surface area contributed by atoms with E-state index in [-0.39, 0.29) is 18.3 Å². The second kappa shape index (κ2) is 10.0. The van der Waals surface area contributed by atoms with Gasteiger partial charge >= 0.3 is 12.5 Å². The van der Waals surface area contributed by atoms with Crippen molar-refractivity contribution in [3.8, 4) is 5.75 Å². The third-order valence-corrected chi connectivity index (χ3v) is 4.56. The van der Waals surface area contributed by atoms with Gasteiger partial charge in [-0.2, -0.15) is 13.2 Å². The van der Waals surface area contributed by atoms with Crippen LogP contribution < -0.4 is 15.8 Å². The van der Waals surface area contributed by atoms with E-state index in [1.165, 1.54) is 29.2 Å². The monoisotopic (exact) mass is 426 g/mol. The van der Waals surface area contributed by atoms with Crippen LogP contribution in [-0.4, -0.2) is 49.6 Å². The van der Waals surface area contributed by atoms with Gasteiger partial charge in [-0.1, -0.05) is 12.1 Å². The number of benzene rings is 1. The number of nitrogens with zero attached hydrogens (tertiary/aromatic N) is 2. The summed E-state index contributed by atoms with van der Waals surface area (Å²) < 4.78 is 77.3. The summed E-state index contributed by atoms with van der Waals surface area (Å²) in [5.41, 5.74) is 6.44. The van der Waals surface area contributed by atoms with Gasteiger partial charge in [0.2, 0.25) is 0 Å². The van der Waals surface area contributed by atoms with E-state index in [1.54, 1.807) is 0 Å². The predicted octanol–water partition coefficient (Wildman–Crippen LogP) is 3.65. The molecule has 1 aromatic carbocycles. The third-order valence-electron chi connectivity index (χ3n) is 4.56. The molecular weight excluding hydrogens is 402 g/mol. The van der Waals surface area contributed by atoms with Crippen molar-refractivity contribution < 1.29 is 31.1 Å². The molecule has 2 rings (SSSR count). The number of piperidine rings is 1. The number of hydrogen-bond donors (Lipinski definition) is 2. The van der Waals surface area contributed by atoms with Crippen molar-refractivity contribution in [2.45, 2.75) is 38.3 Å². The highest BCUT2D eigenvalue weighted by Crippen LogP contribution is 2.24. The van der Waals surface area contributed by atoms with Crippen molar-refractivity contribution in [1.82, 2.24) is 10.2 Å². The molecule has 1 aliphatic rings. The number of hydrogen-bond acceptors (Lipinski definition) is 3. The summed E-state index contributed by atoms with van der Waals surface area (Å²) in [6, 6.07) is 5.33. The predicted molar refractivity (Wildman–Crippen MR) is 96.3 cm³/mol. The molecule has 3 N–H and O–H groups in total. The maximum Gasteiger partial charge on any atom is 0.573 e. The van der Waals surface area contributed by atoms with Gasteiger partial charge in [0.1, 0.15) is 5.75 Å². The van der Waals surface area contributed by atoms with Crippen LogP contribution in [0.4, 0.5) is 26.3 Å². The molecule has 5 nitrogen and oxygen atoms in total. The summed E-state index contributed by atoms with van der Waals surface area (Å²) in [5, 5.41) is 2.95. The fraction of sp³-hybridized carbons (Fsp3) is 0.611. The summed E-state index contributed by atoms with van der Waals surface area (Å²) in [6.45, 7) is 0.753. The SMILES string of the molecule is NC(=NCc1ccc(OC(F)(F)F)cc1)NCCC1CCN(CC(F)(F)F)CC1. The van der Waals surface area contributed by atoms with Gasteiger partial charge in [-0.3, -0.25) is 4.90 Å². The molecule has 1 aliphatic heterocycles. The van der Waals surface area contributed by atoms with Gasteiger partial charge in [0, 0.05) is 6.54 Å². The van der Waals surface area contributed by atoms with Crippen LogP contribution in [0.25, 0.3) is 0 Å². The lowest BCUT2D eigenvalue weighted by molar-refractivity contribution is -0.274. The highest BCUT2D eigenvalue weighted by molar-refractivity contribution is 5.77. The maximum atomic E-state index is 12.4. The zero-order valence-electron chi connectivity index (χ0n) is 15.7. The first-order chi connectivity index (χ1) is 13.5. The number of aliphatic imine (C=N–C) groups is 1. The van der Waals surface area contributed by atoms with Crippen LogP contribution in [0.3, 0.4) is 0 Å². The van der Waals surface area contributed by atoms with Crippen LogP contribution in [0.1, 0.15) is 24.8 Å². The minimum Gasteiger partial charge on any atom is -0.406 e. The van der Waals surface area contributed by atoms with Gasteiger partial charge in [-0.15, -0.1) is 13.2 Å². The number of rotatable bonds is 7. The summed E-state index contributed by atoms with van der Waals surface area (Å²) in [5.74, 6) is 0.230. The van der Waals surface area contributed by atoms with Gasteiger partial charge < -0.3 is 15.8 Å². The van der Waals surface area contributed by atoms with E-state index < -0.39 is 19.1 Å². The number of alkyl halides is 6. The number of likely N-dealkylation sites (tertiary alicyclic amines) is 1. The van der Waals surface area contributed by atoms with Crippen molar-refractivity contribution in [3.05, 3.63) is 29.8 Å². The van der Waals surface area contributed by atoms with Gasteiger partial charge in [0.15, 0.2) is 5.96 Å². The van der Waals surface area contributed by atoms with Crippen molar-refractivity contribution in [3.63, 3.8) is 0 Å². The minimum absolute atomic E-state index is 0.195. The Morgan fingerprint density at radius 2 is 1.72 bits per heavy atom. The minimum atomic E-state index is -4.73. The van der Waals surface area contributed by atoms with Crippen LogP contribution in [-0.2, 0) is 6.54 Å². The number of halogens is 6. The first-order valence-corrected chi connectivity index (χ1v) is 9.18. The van der Waals surface area contributed by atoms with Crippen LogP contribution in [0, 0.1) is 5.92 Å². The first-order valence-electron chi connectivity index (χ1n) is 9.18. The van der Waals surface area contributed by atoms with Crippen LogP contribution >= 0.6 is 0 Å². The average molecular weight is 426 g/mol. The number of nitrogens with two attached hydrogens (primary N) is 1. The topological polar surface area (TPSA) is 62.9 Å². The Labute approximate surface area is 164 Å². The summed E-state index contributed by atoms with van der Waals surface area (Å²) in [4.78, 5) is 5.54. The molecule has 0 radical (unpaired) electrons. The van der Waals surface area contributed by atoms with E-state index in [9.17, 15) is 26.3 Å². The Morgan fingerprint density at radius 3 is 2.28 bits per heavy atom. The normalized spacial score (nSPS) is 17.4. The molecule has 29 heavy (non-hydrogen) atoms. The fourth-order valence-electron chi connectivity index (χ4n) is 3.12. The molecule has 0 aliphatic carbocycles. The lowest BCUT2D eigenvalue weighted by atomic mass is 9.93. The highest BCUT2D eigenvalue weighted by atomic mass is 19.4. The second-order valence-electron chi connectivity index (χ2n) is 6.94. The summed E-state index contributed by atoms with van der Waals surface area (Å²) in [6.07, 6.45) is -6.70. The molecule has 1 heterocycles. The van der Waals surface area contributed by atoms with E-state index in [1.807, 2.05) is 0 Å². The average Bonchev–Trinajstić information content (AvgIpc) is 2.60. The lowest BCUT2D eigenvalue weighted by Gasteiger charge is -2.32. The summed E-state index contributed by atoms with van der Waals surface area (Å²) in [7, 11) is 0. The molecular formula is C18H24F6N4O. The molecule has 0 unspecified atom stereocenters. The molecule has 1 fully saturated rings. The number of ether oxygens (including phenoxy) is 1. The van der Waals surface area contributed by atoms with E-state index in [4.69, 9.17) is 5.73 Å². The second-order valence-corrected chi connectivity index (χ2v) is 6.94. The molecule has 0 aromatic heterocycles. The molecule has 0 amide bonds. The summed E-state index contributed by atoms with van der Waals surface area (Å²) >= 11 is 0. The van der Waals surface area contributed by atoms with Crippen LogP contribution in [0.15, 0.2) is 29.3 Å². The van der Waals surface area contributed by atoms with Crippen LogP contribution in [0.5, 0.6) is 5.75 Å². The zero-order chi connectivity index (χ0) is 21.5. The maximum absolute atomic E-state index is 12.4. The fourth-order valence-corrected chi connectivity index (χ4v) is 3.12. The smallest absolute Gasteiger partial charge is 0.406 e. The Hall–Kier alpha value is -2.17. The standard InChI is InChI=1S/C18H24F6N4O/c19-17(20,21)12-28-9-6-13(7-10-28)5-8-26-16(25)27-11-14-1-3-15(4-2-14)29-18(22,23)24/h1-4,13H,5-12H2,(H3,25,26,27). The molecule has 1 saturated heterocycles. The number of guanidine groups is 1. The Bertz CT molecular complexity index is 652. The lowest BCUT2D eigenvalue weighted by Crippen LogP contribution is -2.41. The number of nitrogens with one attached hydrogen (secondary N) is 1. The molecule has 1 aromatic rings. The van der Waals surface area contributed by atoms with E-state index >= 15 is 0 Å². The third kappa shape index (κ3) is 9.73. The van der Waals surface area contributed by atoms with E-state index in [0.29, 0.717) is 44.0 Å². The van der Waals surface area contributed by atoms with Crippen molar-refractivity contribution in [2.24, 2.45) is 16.6 Å². The van der Waals surface area contributed by atoms with E-state index in [2.05, 4.69) is 15.0 Å². The van der Waals surface area contributed by atoms with Crippen molar-refractivity contribution in [2.75, 3.05) is 26.2 Å². The Balaban J connectivity index is 1.65. The van der Waals surface area contributed by atoms with Gasteiger partial charge in [0.05, 0.1) is 13.1 Å². The van der Waals surface area contributed by atoms with Gasteiger partial charge in [0.25, 0.3) is 0 Å². The molecule has 11 heteroatoms. The molecule has 164 valence electrons. The zero-order valence-corrected chi connectivity index (χ0v) is 15.7. The van der Waals surface area contributed by atoms with Crippen molar-refractivity contribution in [1.29, 1.82) is 0 Å². The largest absolute Gasteiger partial charge is 0.573 e. The van der Waals surface area contributed by atoms with Gasteiger partial charge in [-0.05, 0) is 56.0 Å². The molecule has 0 spiro atoms. The first kappa shape index (κ1) is 23.1. The molecule has 0 saturated carbocycles. The molecule has 0 bridgehead atoms. The quantitative estimate of drug-likeness (QED) is 0.397. The molecule has 0 atom stereocenters. The highest BCUT2D eigenvalue weighted by Gasteiger charge is 2.32. The van der Waals surface area contributed by atoms with Crippen LogP contribution in [0.2, 0.25) is 0 Å². The van der Waals surface area contributed by atoms with Crippen molar-refractivity contribution >= 4 is 5.96 Å². The van der Waals surface area contributed by atoms with Gasteiger partial charge in [-0.25, -0.2) is 4.99 Å². The van der Waals surface area contributed by atoms with E-state index in [0.717, 1.165) is 6.42 Å². The Morgan fingerprint density at radius 1 is 1.10 bits per heavy atom. The Kier molecular flexibility index (Phi) is 8.00.